The molecule has 0 atom stereocenters. The Kier molecular flexibility index (Phi) is 6.38. The number of ether oxygens (including phenoxy) is 2. The van der Waals surface area contributed by atoms with E-state index in [1.165, 1.54) is 0 Å². The first kappa shape index (κ1) is 14.1. The maximum Gasteiger partial charge on any atom is 0.135 e. The van der Waals surface area contributed by atoms with E-state index >= 15 is 0 Å². The third-order valence-electron chi connectivity index (χ3n) is 1.99. The van der Waals surface area contributed by atoms with Gasteiger partial charge in [0.25, 0.3) is 0 Å². The van der Waals surface area contributed by atoms with E-state index in [4.69, 9.17) is 9.47 Å². The molecule has 2 nitrogen and oxygen atoms in total. The zero-order valence-corrected chi connectivity index (χ0v) is 10.7. The summed E-state index contributed by atoms with van der Waals surface area (Å²) < 4.78 is 10.8. The number of hydrogen-bond donors (Lipinski definition) is 0. The number of benzene rings is 1. The van der Waals surface area contributed by atoms with Gasteiger partial charge in [-0.3, -0.25) is 0 Å². The van der Waals surface area contributed by atoms with Gasteiger partial charge >= 0.3 is 0 Å². The Morgan fingerprint density at radius 2 is 2.17 bits per heavy atom. The third kappa shape index (κ3) is 5.38. The van der Waals surface area contributed by atoms with Gasteiger partial charge in [0.2, 0.25) is 0 Å². The van der Waals surface area contributed by atoms with E-state index in [-0.39, 0.29) is 0 Å². The highest BCUT2D eigenvalue weighted by Gasteiger charge is 1.97. The van der Waals surface area contributed by atoms with Gasteiger partial charge in [-0.05, 0) is 19.1 Å². The summed E-state index contributed by atoms with van der Waals surface area (Å²) in [6, 6.07) is 7.66. The largest absolute Gasteiger partial charge is 0.488 e. The Labute approximate surface area is 109 Å². The van der Waals surface area contributed by atoms with E-state index in [0.29, 0.717) is 19.8 Å². The quantitative estimate of drug-likeness (QED) is 0.433. The minimum atomic E-state index is 0.392. The van der Waals surface area contributed by atoms with Gasteiger partial charge in [0.1, 0.15) is 19.0 Å². The standard InChI is InChI=1S/C16H18O2/c1-4-11-18-16-10-6-5-8-15(16)9-7-12-17-13-14(2)3/h4-6,8,10H,1-2,11-13H2,3H3. The molecule has 0 N–H and O–H groups in total. The summed E-state index contributed by atoms with van der Waals surface area (Å²) in [6.45, 7) is 10.7. The van der Waals surface area contributed by atoms with E-state index in [1.807, 2.05) is 31.2 Å². The average Bonchev–Trinajstić information content (AvgIpc) is 2.36. The number of hydrogen-bond acceptors (Lipinski definition) is 2. The van der Waals surface area contributed by atoms with Gasteiger partial charge in [0.15, 0.2) is 0 Å². The lowest BCUT2D eigenvalue weighted by molar-refractivity contribution is 0.192. The van der Waals surface area contributed by atoms with Crippen LogP contribution >= 0.6 is 0 Å². The molecule has 18 heavy (non-hydrogen) atoms. The Bertz CT molecular complexity index is 463. The van der Waals surface area contributed by atoms with Gasteiger partial charge in [-0.25, -0.2) is 0 Å². The molecule has 0 spiro atoms. The van der Waals surface area contributed by atoms with Crippen molar-refractivity contribution in [1.29, 1.82) is 0 Å². The average molecular weight is 242 g/mol. The first-order valence-corrected chi connectivity index (χ1v) is 5.77. The zero-order valence-electron chi connectivity index (χ0n) is 10.7. The van der Waals surface area contributed by atoms with Gasteiger partial charge in [-0.1, -0.05) is 48.8 Å². The lowest BCUT2D eigenvalue weighted by Gasteiger charge is -2.04. The topological polar surface area (TPSA) is 18.5 Å². The first-order valence-electron chi connectivity index (χ1n) is 5.77. The maximum atomic E-state index is 5.51. The van der Waals surface area contributed by atoms with E-state index in [1.54, 1.807) is 6.08 Å². The fourth-order valence-corrected chi connectivity index (χ4v) is 1.25. The van der Waals surface area contributed by atoms with E-state index in [9.17, 15) is 0 Å². The van der Waals surface area contributed by atoms with Gasteiger partial charge < -0.3 is 9.47 Å². The molecule has 0 fully saturated rings. The highest BCUT2D eigenvalue weighted by molar-refractivity contribution is 5.45. The normalized spacial score (nSPS) is 9.17. The number of rotatable bonds is 6. The third-order valence-corrected chi connectivity index (χ3v) is 1.99. The molecular formula is C16H18O2. The lowest BCUT2D eigenvalue weighted by Crippen LogP contribution is -1.96. The Hall–Kier alpha value is -1.98. The first-order chi connectivity index (χ1) is 8.74. The highest BCUT2D eigenvalue weighted by atomic mass is 16.5. The van der Waals surface area contributed by atoms with Crippen molar-refractivity contribution in [2.45, 2.75) is 6.92 Å². The van der Waals surface area contributed by atoms with Crippen LogP contribution in [-0.2, 0) is 4.74 Å². The van der Waals surface area contributed by atoms with Crippen LogP contribution in [-0.4, -0.2) is 19.8 Å². The molecule has 2 heteroatoms. The molecule has 1 rings (SSSR count). The minimum Gasteiger partial charge on any atom is -0.488 e. The van der Waals surface area contributed by atoms with Crippen molar-refractivity contribution in [3.63, 3.8) is 0 Å². The summed E-state index contributed by atoms with van der Waals surface area (Å²) in [5.74, 6) is 6.75. The molecule has 0 aromatic heterocycles. The molecular weight excluding hydrogens is 224 g/mol. The van der Waals surface area contributed by atoms with Crippen LogP contribution in [0.1, 0.15) is 12.5 Å². The van der Waals surface area contributed by atoms with E-state index < -0.39 is 0 Å². The highest BCUT2D eigenvalue weighted by Crippen LogP contribution is 2.16. The van der Waals surface area contributed by atoms with Crippen LogP contribution in [0.4, 0.5) is 0 Å². The molecule has 0 aliphatic heterocycles. The van der Waals surface area contributed by atoms with Crippen LogP contribution in [0.2, 0.25) is 0 Å². The zero-order chi connectivity index (χ0) is 13.2. The Morgan fingerprint density at radius 1 is 1.39 bits per heavy atom. The second-order valence-electron chi connectivity index (χ2n) is 3.85. The van der Waals surface area contributed by atoms with Crippen LogP contribution < -0.4 is 4.74 Å². The molecule has 1 aromatic rings. The molecule has 0 amide bonds. The molecule has 0 unspecified atom stereocenters. The minimum absolute atomic E-state index is 0.392. The summed E-state index contributed by atoms with van der Waals surface area (Å²) in [4.78, 5) is 0. The Morgan fingerprint density at radius 3 is 2.89 bits per heavy atom. The van der Waals surface area contributed by atoms with Gasteiger partial charge in [0, 0.05) is 0 Å². The second kappa shape index (κ2) is 8.16. The number of para-hydroxylation sites is 1. The smallest absolute Gasteiger partial charge is 0.135 e. The van der Waals surface area contributed by atoms with Crippen LogP contribution in [0, 0.1) is 11.8 Å². The van der Waals surface area contributed by atoms with Crippen molar-refractivity contribution in [2.24, 2.45) is 0 Å². The predicted molar refractivity (Wildman–Crippen MR) is 74.6 cm³/mol. The molecule has 0 heterocycles. The maximum absolute atomic E-state index is 5.51. The molecule has 1 aromatic carbocycles. The molecule has 0 saturated carbocycles. The molecule has 0 radical (unpaired) electrons. The summed E-state index contributed by atoms with van der Waals surface area (Å²) in [6.07, 6.45) is 1.71. The van der Waals surface area contributed by atoms with Crippen molar-refractivity contribution < 1.29 is 9.47 Å². The SMILES string of the molecule is C=CCOc1ccccc1C#CCOCC(=C)C. The molecule has 94 valence electrons. The second-order valence-corrected chi connectivity index (χ2v) is 3.85. The summed E-state index contributed by atoms with van der Waals surface area (Å²) >= 11 is 0. The monoisotopic (exact) mass is 242 g/mol. The van der Waals surface area contributed by atoms with Gasteiger partial charge in [-0.2, -0.15) is 0 Å². The Balaban J connectivity index is 2.57. The lowest BCUT2D eigenvalue weighted by atomic mass is 10.2. The molecule has 0 bridgehead atoms. The van der Waals surface area contributed by atoms with Crippen molar-refractivity contribution >= 4 is 0 Å². The van der Waals surface area contributed by atoms with E-state index in [0.717, 1.165) is 16.9 Å². The van der Waals surface area contributed by atoms with Crippen molar-refractivity contribution in [2.75, 3.05) is 19.8 Å². The van der Waals surface area contributed by atoms with E-state index in [2.05, 4.69) is 25.0 Å². The molecule has 0 aliphatic rings. The van der Waals surface area contributed by atoms with Crippen molar-refractivity contribution in [3.8, 4) is 17.6 Å². The molecule has 0 saturated heterocycles. The summed E-state index contributed by atoms with van der Waals surface area (Å²) in [7, 11) is 0. The fraction of sp³-hybridized carbons (Fsp3) is 0.250. The molecule has 0 aliphatic carbocycles. The van der Waals surface area contributed by atoms with Crippen molar-refractivity contribution in [1.82, 2.24) is 0 Å². The predicted octanol–water partition coefficient (Wildman–Crippen LogP) is 3.20. The van der Waals surface area contributed by atoms with Crippen LogP contribution in [0.25, 0.3) is 0 Å². The van der Waals surface area contributed by atoms with Crippen LogP contribution in [0.5, 0.6) is 5.75 Å². The van der Waals surface area contributed by atoms with Gasteiger partial charge in [-0.15, -0.1) is 0 Å². The van der Waals surface area contributed by atoms with Gasteiger partial charge in [0.05, 0.1) is 12.2 Å². The summed E-state index contributed by atoms with van der Waals surface area (Å²) in [5, 5.41) is 0. The van der Waals surface area contributed by atoms with Crippen LogP contribution in [0.15, 0.2) is 49.1 Å². The fourth-order valence-electron chi connectivity index (χ4n) is 1.25. The van der Waals surface area contributed by atoms with Crippen molar-refractivity contribution in [3.05, 3.63) is 54.6 Å². The van der Waals surface area contributed by atoms with Crippen LogP contribution in [0.3, 0.4) is 0 Å². The summed E-state index contributed by atoms with van der Waals surface area (Å²) in [5.41, 5.74) is 1.85.